The number of benzene rings is 2. The van der Waals surface area contributed by atoms with E-state index in [4.69, 9.17) is 4.74 Å². The van der Waals surface area contributed by atoms with Gasteiger partial charge in [-0.3, -0.25) is 4.90 Å². The third-order valence-corrected chi connectivity index (χ3v) is 5.29. The molecule has 1 fully saturated rings. The topological polar surface area (TPSA) is 76.8 Å². The summed E-state index contributed by atoms with van der Waals surface area (Å²) in [6.07, 6.45) is -0.918. The lowest BCUT2D eigenvalue weighted by atomic mass is 9.85. The molecule has 2 heterocycles. The van der Waals surface area contributed by atoms with E-state index in [9.17, 15) is 15.2 Å². The van der Waals surface area contributed by atoms with Gasteiger partial charge in [-0.15, -0.1) is 0 Å². The molecule has 0 bridgehead atoms. The summed E-state index contributed by atoms with van der Waals surface area (Å²) in [5, 5.41) is 20.3. The molecule has 0 unspecified atom stereocenters. The van der Waals surface area contributed by atoms with Crippen LogP contribution in [0.15, 0.2) is 48.5 Å². The fraction of sp³-hybridized carbons (Fsp3) is 0.333. The zero-order valence-corrected chi connectivity index (χ0v) is 15.3. The van der Waals surface area contributed by atoms with Crippen LogP contribution in [-0.2, 0) is 0 Å². The summed E-state index contributed by atoms with van der Waals surface area (Å²) in [4.78, 5) is 16.6. The highest BCUT2D eigenvalue weighted by molar-refractivity contribution is 5.94. The number of hydrogen-bond acceptors (Lipinski definition) is 4. The molecule has 4 rings (SSSR count). The number of rotatable bonds is 2. The SMILES string of the molecule is CC1(C)Oc2ccc(C#N)cc2[C@H](N2CCN(c3ccccc3)C2=O)[C@H]1O. The first kappa shape index (κ1) is 17.4. The number of nitrogens with zero attached hydrogens (tertiary/aromatic N) is 3. The highest BCUT2D eigenvalue weighted by Gasteiger charge is 2.49. The van der Waals surface area contributed by atoms with Gasteiger partial charge < -0.3 is 14.7 Å². The van der Waals surface area contributed by atoms with E-state index in [2.05, 4.69) is 6.07 Å². The van der Waals surface area contributed by atoms with Crippen molar-refractivity contribution in [1.29, 1.82) is 5.26 Å². The molecule has 2 aliphatic heterocycles. The van der Waals surface area contributed by atoms with Gasteiger partial charge in [0.1, 0.15) is 17.5 Å². The van der Waals surface area contributed by atoms with Gasteiger partial charge in [-0.25, -0.2) is 4.79 Å². The van der Waals surface area contributed by atoms with Crippen molar-refractivity contribution in [2.45, 2.75) is 31.6 Å². The number of ether oxygens (including phenoxy) is 1. The third kappa shape index (κ3) is 2.81. The molecule has 2 aliphatic rings. The fourth-order valence-corrected chi connectivity index (χ4v) is 3.83. The standard InChI is InChI=1S/C21H21N3O3/c1-21(2)19(25)18(16-12-14(13-22)8-9-17(16)27-21)24-11-10-23(20(24)26)15-6-4-3-5-7-15/h3-9,12,18-19,25H,10-11H2,1-2H3/t18-,19+/m0/s1. The molecule has 2 aromatic rings. The van der Waals surface area contributed by atoms with Crippen LogP contribution in [-0.4, -0.2) is 40.8 Å². The summed E-state index contributed by atoms with van der Waals surface area (Å²) in [6, 6.07) is 16.0. The van der Waals surface area contributed by atoms with Crippen LogP contribution < -0.4 is 9.64 Å². The molecule has 0 spiro atoms. The Hall–Kier alpha value is -3.04. The Labute approximate surface area is 158 Å². The van der Waals surface area contributed by atoms with Gasteiger partial charge in [-0.05, 0) is 44.2 Å². The Kier molecular flexibility index (Phi) is 4.05. The minimum Gasteiger partial charge on any atom is -0.485 e. The predicted octanol–water partition coefficient (Wildman–Crippen LogP) is 3.07. The van der Waals surface area contributed by atoms with E-state index in [1.807, 2.05) is 30.3 Å². The van der Waals surface area contributed by atoms with Gasteiger partial charge in [0, 0.05) is 24.3 Å². The monoisotopic (exact) mass is 363 g/mol. The number of hydrogen-bond donors (Lipinski definition) is 1. The van der Waals surface area contributed by atoms with Crippen molar-refractivity contribution in [2.75, 3.05) is 18.0 Å². The van der Waals surface area contributed by atoms with Crippen molar-refractivity contribution >= 4 is 11.7 Å². The second kappa shape index (κ2) is 6.29. The second-order valence-electron chi connectivity index (χ2n) is 7.42. The number of urea groups is 1. The van der Waals surface area contributed by atoms with Crippen molar-refractivity contribution < 1.29 is 14.6 Å². The number of anilines is 1. The van der Waals surface area contributed by atoms with Crippen LogP contribution >= 0.6 is 0 Å². The Morgan fingerprint density at radius 2 is 1.93 bits per heavy atom. The van der Waals surface area contributed by atoms with E-state index in [0.29, 0.717) is 30.0 Å². The number of aliphatic hydroxyl groups excluding tert-OH is 1. The smallest absolute Gasteiger partial charge is 0.325 e. The molecular weight excluding hydrogens is 342 g/mol. The zero-order valence-electron chi connectivity index (χ0n) is 15.3. The van der Waals surface area contributed by atoms with E-state index in [-0.39, 0.29) is 6.03 Å². The molecule has 2 atom stereocenters. The van der Waals surface area contributed by atoms with Gasteiger partial charge in [0.15, 0.2) is 0 Å². The molecule has 2 amide bonds. The van der Waals surface area contributed by atoms with E-state index in [1.54, 1.807) is 41.8 Å². The van der Waals surface area contributed by atoms with Gasteiger partial charge in [-0.2, -0.15) is 5.26 Å². The average Bonchev–Trinajstić information content (AvgIpc) is 3.04. The fourth-order valence-electron chi connectivity index (χ4n) is 3.83. The Morgan fingerprint density at radius 1 is 1.19 bits per heavy atom. The number of fused-ring (bicyclic) bond motifs is 1. The molecular formula is C21H21N3O3. The Bertz CT molecular complexity index is 920. The highest BCUT2D eigenvalue weighted by Crippen LogP contribution is 2.44. The van der Waals surface area contributed by atoms with Crippen LogP contribution in [0.1, 0.15) is 31.0 Å². The minimum absolute atomic E-state index is 0.156. The predicted molar refractivity (Wildman–Crippen MR) is 101 cm³/mol. The average molecular weight is 363 g/mol. The first-order valence-electron chi connectivity index (χ1n) is 8.97. The molecule has 138 valence electrons. The van der Waals surface area contributed by atoms with Crippen molar-refractivity contribution in [2.24, 2.45) is 0 Å². The lowest BCUT2D eigenvalue weighted by Gasteiger charge is -2.45. The van der Waals surface area contributed by atoms with Crippen molar-refractivity contribution in [1.82, 2.24) is 4.90 Å². The summed E-state index contributed by atoms with van der Waals surface area (Å²) in [5.74, 6) is 0.597. The number of nitriles is 1. The van der Waals surface area contributed by atoms with Crippen LogP contribution in [0.3, 0.4) is 0 Å². The largest absolute Gasteiger partial charge is 0.485 e. The summed E-state index contributed by atoms with van der Waals surface area (Å²) in [7, 11) is 0. The maximum atomic E-state index is 13.2. The maximum Gasteiger partial charge on any atom is 0.325 e. The number of carbonyl (C=O) groups is 1. The minimum atomic E-state index is -0.918. The Morgan fingerprint density at radius 3 is 2.63 bits per heavy atom. The summed E-state index contributed by atoms with van der Waals surface area (Å²) < 4.78 is 5.96. The molecule has 27 heavy (non-hydrogen) atoms. The van der Waals surface area contributed by atoms with Crippen molar-refractivity contribution in [3.8, 4) is 11.8 Å². The third-order valence-electron chi connectivity index (χ3n) is 5.29. The van der Waals surface area contributed by atoms with Gasteiger partial charge >= 0.3 is 6.03 Å². The quantitative estimate of drug-likeness (QED) is 0.890. The van der Waals surface area contributed by atoms with Crippen LogP contribution in [0.2, 0.25) is 0 Å². The van der Waals surface area contributed by atoms with Gasteiger partial charge in [0.25, 0.3) is 0 Å². The zero-order chi connectivity index (χ0) is 19.2. The van der Waals surface area contributed by atoms with Gasteiger partial charge in [-0.1, -0.05) is 18.2 Å². The number of aliphatic hydroxyl groups is 1. The van der Waals surface area contributed by atoms with Crippen LogP contribution in [0, 0.1) is 11.3 Å². The van der Waals surface area contributed by atoms with E-state index >= 15 is 0 Å². The molecule has 0 aliphatic carbocycles. The molecule has 6 nitrogen and oxygen atoms in total. The molecule has 1 saturated heterocycles. The lowest BCUT2D eigenvalue weighted by molar-refractivity contribution is -0.0822. The van der Waals surface area contributed by atoms with Crippen LogP contribution in [0.25, 0.3) is 0 Å². The van der Waals surface area contributed by atoms with Gasteiger partial charge in [0.05, 0.1) is 17.7 Å². The van der Waals surface area contributed by atoms with Crippen LogP contribution in [0.5, 0.6) is 5.75 Å². The van der Waals surface area contributed by atoms with Crippen LogP contribution in [0.4, 0.5) is 10.5 Å². The lowest BCUT2D eigenvalue weighted by Crippen LogP contribution is -2.54. The first-order valence-corrected chi connectivity index (χ1v) is 8.97. The normalized spacial score (nSPS) is 23.6. The highest BCUT2D eigenvalue weighted by atomic mass is 16.5. The van der Waals surface area contributed by atoms with E-state index < -0.39 is 17.7 Å². The number of amides is 2. The molecule has 0 saturated carbocycles. The molecule has 1 N–H and O–H groups in total. The van der Waals surface area contributed by atoms with Crippen molar-refractivity contribution in [3.63, 3.8) is 0 Å². The second-order valence-corrected chi connectivity index (χ2v) is 7.42. The summed E-state index contributed by atoms with van der Waals surface area (Å²) >= 11 is 0. The van der Waals surface area contributed by atoms with Gasteiger partial charge in [0.2, 0.25) is 0 Å². The Balaban J connectivity index is 1.74. The number of para-hydroxylation sites is 1. The van der Waals surface area contributed by atoms with E-state index in [1.165, 1.54) is 0 Å². The first-order chi connectivity index (χ1) is 12.9. The summed E-state index contributed by atoms with van der Waals surface area (Å²) in [5.41, 5.74) is 1.12. The molecule has 2 aromatic carbocycles. The maximum absolute atomic E-state index is 13.2. The summed E-state index contributed by atoms with van der Waals surface area (Å²) in [6.45, 7) is 4.64. The van der Waals surface area contributed by atoms with E-state index in [0.717, 1.165) is 5.69 Å². The molecule has 0 radical (unpaired) electrons. The van der Waals surface area contributed by atoms with Crippen molar-refractivity contribution in [3.05, 3.63) is 59.7 Å². The molecule has 6 heteroatoms. The molecule has 0 aromatic heterocycles. The number of carbonyl (C=O) groups excluding carboxylic acids is 1.